The summed E-state index contributed by atoms with van der Waals surface area (Å²) in [6, 6.07) is 12.5. The third-order valence-electron chi connectivity index (χ3n) is 3.70. The molecule has 28 heavy (non-hydrogen) atoms. The van der Waals surface area contributed by atoms with Crippen molar-refractivity contribution in [1.82, 2.24) is 4.98 Å². The quantitative estimate of drug-likeness (QED) is 0.661. The molecule has 0 saturated heterocycles. The van der Waals surface area contributed by atoms with Crippen LogP contribution in [0.25, 0.3) is 0 Å². The highest BCUT2D eigenvalue weighted by molar-refractivity contribution is 7.92. The Morgan fingerprint density at radius 3 is 2.50 bits per heavy atom. The molecule has 9 heteroatoms. The number of rotatable bonds is 6. The van der Waals surface area contributed by atoms with Crippen molar-refractivity contribution in [3.63, 3.8) is 0 Å². The predicted octanol–water partition coefficient (Wildman–Crippen LogP) is 3.28. The molecule has 2 aromatic carbocycles. The lowest BCUT2D eigenvalue weighted by Crippen LogP contribution is -2.15. The zero-order chi connectivity index (χ0) is 20.1. The zero-order valence-corrected chi connectivity index (χ0v) is 15.5. The SMILES string of the molecule is COc1cccc(NC(=O)c2cncc(NS(=O)(=O)c3ccc(F)cc3)c2)c1. The van der Waals surface area contributed by atoms with Crippen LogP contribution in [-0.2, 0) is 10.0 Å². The average molecular weight is 401 g/mol. The Kier molecular flexibility index (Phi) is 5.55. The number of carbonyl (C=O) groups excluding carboxylic acids is 1. The van der Waals surface area contributed by atoms with E-state index in [0.29, 0.717) is 11.4 Å². The van der Waals surface area contributed by atoms with Crippen molar-refractivity contribution in [2.24, 2.45) is 0 Å². The highest BCUT2D eigenvalue weighted by Gasteiger charge is 2.16. The van der Waals surface area contributed by atoms with Crippen LogP contribution >= 0.6 is 0 Å². The second kappa shape index (κ2) is 8.05. The normalized spacial score (nSPS) is 10.9. The lowest BCUT2D eigenvalue weighted by Gasteiger charge is -2.10. The minimum Gasteiger partial charge on any atom is -0.497 e. The average Bonchev–Trinajstić information content (AvgIpc) is 2.68. The number of carbonyl (C=O) groups is 1. The van der Waals surface area contributed by atoms with Crippen molar-refractivity contribution < 1.29 is 22.3 Å². The number of hydrogen-bond acceptors (Lipinski definition) is 5. The number of amides is 1. The van der Waals surface area contributed by atoms with Crippen LogP contribution in [0.15, 0.2) is 71.9 Å². The van der Waals surface area contributed by atoms with Crippen LogP contribution in [0.1, 0.15) is 10.4 Å². The first-order valence-electron chi connectivity index (χ1n) is 8.06. The number of halogens is 1. The van der Waals surface area contributed by atoms with Gasteiger partial charge in [0.05, 0.1) is 29.5 Å². The van der Waals surface area contributed by atoms with Crippen molar-refractivity contribution in [1.29, 1.82) is 0 Å². The summed E-state index contributed by atoms with van der Waals surface area (Å²) in [6.07, 6.45) is 2.58. The van der Waals surface area contributed by atoms with E-state index in [1.807, 2.05) is 0 Å². The summed E-state index contributed by atoms with van der Waals surface area (Å²) < 4.78 is 45.2. The largest absolute Gasteiger partial charge is 0.497 e. The standard InChI is InChI=1S/C19H16FN3O4S/c1-27-17-4-2-3-15(10-17)22-19(24)13-9-16(12-21-11-13)23-28(25,26)18-7-5-14(20)6-8-18/h2-12,23H,1H3,(H,22,24). The fraction of sp³-hybridized carbons (Fsp3) is 0.0526. The predicted molar refractivity (Wildman–Crippen MR) is 102 cm³/mol. The molecular formula is C19H16FN3O4S. The number of pyridine rings is 1. The molecule has 0 aliphatic rings. The number of hydrogen-bond donors (Lipinski definition) is 2. The van der Waals surface area contributed by atoms with Crippen molar-refractivity contribution in [2.75, 3.05) is 17.1 Å². The van der Waals surface area contributed by atoms with E-state index in [9.17, 15) is 17.6 Å². The van der Waals surface area contributed by atoms with Crippen LogP contribution in [-0.4, -0.2) is 26.4 Å². The van der Waals surface area contributed by atoms with E-state index in [1.165, 1.54) is 25.6 Å². The molecule has 7 nitrogen and oxygen atoms in total. The van der Waals surface area contributed by atoms with Gasteiger partial charge in [-0.3, -0.25) is 14.5 Å². The van der Waals surface area contributed by atoms with E-state index in [-0.39, 0.29) is 16.1 Å². The smallest absolute Gasteiger partial charge is 0.261 e. The molecule has 0 unspecified atom stereocenters. The van der Waals surface area contributed by atoms with E-state index >= 15 is 0 Å². The van der Waals surface area contributed by atoms with Gasteiger partial charge in [-0.2, -0.15) is 0 Å². The molecule has 144 valence electrons. The molecule has 0 fully saturated rings. The number of sulfonamides is 1. The van der Waals surface area contributed by atoms with E-state index in [1.54, 1.807) is 24.3 Å². The summed E-state index contributed by atoms with van der Waals surface area (Å²) in [4.78, 5) is 16.2. The van der Waals surface area contributed by atoms with Crippen molar-refractivity contribution in [3.8, 4) is 5.75 Å². The fourth-order valence-electron chi connectivity index (χ4n) is 2.35. The first kappa shape index (κ1) is 19.3. The molecule has 0 aliphatic heterocycles. The highest BCUT2D eigenvalue weighted by atomic mass is 32.2. The van der Waals surface area contributed by atoms with Gasteiger partial charge in [-0.25, -0.2) is 12.8 Å². The highest BCUT2D eigenvalue weighted by Crippen LogP contribution is 2.19. The molecule has 1 amide bonds. The zero-order valence-electron chi connectivity index (χ0n) is 14.7. The molecule has 0 spiro atoms. The van der Waals surface area contributed by atoms with E-state index in [4.69, 9.17) is 4.74 Å². The monoisotopic (exact) mass is 401 g/mol. The number of nitrogens with zero attached hydrogens (tertiary/aromatic N) is 1. The van der Waals surface area contributed by atoms with Crippen molar-refractivity contribution in [2.45, 2.75) is 4.90 Å². The van der Waals surface area contributed by atoms with E-state index in [2.05, 4.69) is 15.0 Å². The lowest BCUT2D eigenvalue weighted by atomic mass is 10.2. The Hall–Kier alpha value is -3.46. The number of aromatic nitrogens is 1. The summed E-state index contributed by atoms with van der Waals surface area (Å²) in [7, 11) is -2.43. The van der Waals surface area contributed by atoms with Gasteiger partial charge >= 0.3 is 0 Å². The van der Waals surface area contributed by atoms with E-state index in [0.717, 1.165) is 24.3 Å². The molecule has 1 aromatic heterocycles. The molecule has 0 bridgehead atoms. The minimum absolute atomic E-state index is 0.0996. The Labute approximate surface area is 161 Å². The number of nitrogens with one attached hydrogen (secondary N) is 2. The molecule has 1 heterocycles. The van der Waals surface area contributed by atoms with Crippen LogP contribution in [0.5, 0.6) is 5.75 Å². The van der Waals surface area contributed by atoms with Gasteiger partial charge in [0, 0.05) is 18.0 Å². The van der Waals surface area contributed by atoms with Gasteiger partial charge in [-0.15, -0.1) is 0 Å². The Balaban J connectivity index is 1.77. The summed E-state index contributed by atoms with van der Waals surface area (Å²) in [5.41, 5.74) is 0.770. The van der Waals surface area contributed by atoms with Crippen LogP contribution in [0.2, 0.25) is 0 Å². The lowest BCUT2D eigenvalue weighted by molar-refractivity contribution is 0.102. The van der Waals surface area contributed by atoms with Gasteiger partial charge in [0.1, 0.15) is 11.6 Å². The first-order chi connectivity index (χ1) is 13.4. The maximum absolute atomic E-state index is 13.0. The Morgan fingerprint density at radius 1 is 1.04 bits per heavy atom. The van der Waals surface area contributed by atoms with Crippen LogP contribution in [0.4, 0.5) is 15.8 Å². The number of methoxy groups -OCH3 is 1. The molecule has 3 rings (SSSR count). The fourth-order valence-corrected chi connectivity index (χ4v) is 3.39. The summed E-state index contributed by atoms with van der Waals surface area (Å²) in [6.45, 7) is 0. The third-order valence-corrected chi connectivity index (χ3v) is 5.10. The maximum atomic E-state index is 13.0. The van der Waals surface area contributed by atoms with E-state index < -0.39 is 21.7 Å². The second-order valence-electron chi connectivity index (χ2n) is 5.71. The first-order valence-corrected chi connectivity index (χ1v) is 9.54. The topological polar surface area (TPSA) is 97.4 Å². The van der Waals surface area contributed by atoms with Gasteiger partial charge in [0.15, 0.2) is 0 Å². The van der Waals surface area contributed by atoms with Crippen LogP contribution < -0.4 is 14.8 Å². The second-order valence-corrected chi connectivity index (χ2v) is 7.39. The number of anilines is 2. The molecule has 0 saturated carbocycles. The molecule has 0 aliphatic carbocycles. The van der Waals surface area contributed by atoms with Gasteiger partial charge < -0.3 is 10.1 Å². The summed E-state index contributed by atoms with van der Waals surface area (Å²) >= 11 is 0. The number of benzene rings is 2. The molecule has 3 aromatic rings. The maximum Gasteiger partial charge on any atom is 0.261 e. The van der Waals surface area contributed by atoms with Gasteiger partial charge in [0.25, 0.3) is 15.9 Å². The number of ether oxygens (including phenoxy) is 1. The molecule has 0 atom stereocenters. The van der Waals surface area contributed by atoms with Crippen LogP contribution in [0.3, 0.4) is 0 Å². The van der Waals surface area contributed by atoms with Crippen molar-refractivity contribution in [3.05, 3.63) is 78.4 Å². The molecule has 2 N–H and O–H groups in total. The van der Waals surface area contributed by atoms with Crippen molar-refractivity contribution >= 4 is 27.3 Å². The summed E-state index contributed by atoms with van der Waals surface area (Å²) in [5.74, 6) is -0.433. The van der Waals surface area contributed by atoms with Gasteiger partial charge in [-0.05, 0) is 42.5 Å². The van der Waals surface area contributed by atoms with Crippen LogP contribution in [0, 0.1) is 5.82 Å². The Morgan fingerprint density at radius 2 is 1.79 bits per heavy atom. The summed E-state index contributed by atoms with van der Waals surface area (Å²) in [5, 5.41) is 2.68. The Bertz CT molecular complexity index is 1100. The van der Waals surface area contributed by atoms with Gasteiger partial charge in [0.2, 0.25) is 0 Å². The minimum atomic E-state index is -3.95. The molecule has 0 radical (unpaired) electrons. The third kappa shape index (κ3) is 4.63. The molecular weight excluding hydrogens is 385 g/mol. The van der Waals surface area contributed by atoms with Gasteiger partial charge in [-0.1, -0.05) is 6.07 Å².